The first-order chi connectivity index (χ1) is 10.5. The Bertz CT molecular complexity index is 762. The van der Waals surface area contributed by atoms with Crippen molar-refractivity contribution in [3.8, 4) is 0 Å². The lowest BCUT2D eigenvalue weighted by Gasteiger charge is -2.24. The SMILES string of the molecule is O=C1CC(C(=O)Nc2cc(Cl)ccc2Cl)c2ccccc2N1. The molecule has 1 aliphatic rings. The summed E-state index contributed by atoms with van der Waals surface area (Å²) < 4.78 is 0. The van der Waals surface area contributed by atoms with Gasteiger partial charge in [0, 0.05) is 17.1 Å². The van der Waals surface area contributed by atoms with E-state index >= 15 is 0 Å². The van der Waals surface area contributed by atoms with Crippen LogP contribution in [-0.4, -0.2) is 11.8 Å². The average molecular weight is 335 g/mol. The van der Waals surface area contributed by atoms with Crippen LogP contribution in [0.5, 0.6) is 0 Å². The molecule has 0 aromatic heterocycles. The summed E-state index contributed by atoms with van der Waals surface area (Å²) in [6.07, 6.45) is 0.0982. The first-order valence-corrected chi connectivity index (χ1v) is 7.45. The molecule has 4 nitrogen and oxygen atoms in total. The largest absolute Gasteiger partial charge is 0.326 e. The fraction of sp³-hybridized carbons (Fsp3) is 0.125. The highest BCUT2D eigenvalue weighted by molar-refractivity contribution is 6.35. The first kappa shape index (κ1) is 14.9. The standard InChI is InChI=1S/C16H12Cl2N2O2/c17-9-5-6-12(18)14(7-9)20-16(22)11-8-15(21)19-13-4-2-1-3-10(11)13/h1-7,11H,8H2,(H,19,21)(H,20,22). The van der Waals surface area contributed by atoms with Crippen LogP contribution in [0, 0.1) is 0 Å². The highest BCUT2D eigenvalue weighted by Crippen LogP contribution is 2.34. The van der Waals surface area contributed by atoms with Crippen LogP contribution in [0.4, 0.5) is 11.4 Å². The van der Waals surface area contributed by atoms with Crippen LogP contribution in [0.2, 0.25) is 10.0 Å². The van der Waals surface area contributed by atoms with Crippen molar-refractivity contribution in [2.24, 2.45) is 0 Å². The summed E-state index contributed by atoms with van der Waals surface area (Å²) in [6.45, 7) is 0. The van der Waals surface area contributed by atoms with Crippen molar-refractivity contribution in [2.45, 2.75) is 12.3 Å². The van der Waals surface area contributed by atoms with Gasteiger partial charge < -0.3 is 10.6 Å². The Morgan fingerprint density at radius 2 is 1.95 bits per heavy atom. The Balaban J connectivity index is 1.89. The van der Waals surface area contributed by atoms with E-state index < -0.39 is 5.92 Å². The Morgan fingerprint density at radius 3 is 2.77 bits per heavy atom. The molecule has 0 spiro atoms. The number of carbonyl (C=O) groups excluding carboxylic acids is 2. The van der Waals surface area contributed by atoms with Gasteiger partial charge in [-0.25, -0.2) is 0 Å². The number of benzene rings is 2. The van der Waals surface area contributed by atoms with Gasteiger partial charge in [-0.2, -0.15) is 0 Å². The second kappa shape index (κ2) is 5.99. The van der Waals surface area contributed by atoms with Crippen molar-refractivity contribution in [3.05, 3.63) is 58.1 Å². The predicted octanol–water partition coefficient (Wildman–Crippen LogP) is 4.06. The molecule has 6 heteroatoms. The summed E-state index contributed by atoms with van der Waals surface area (Å²) in [4.78, 5) is 24.3. The summed E-state index contributed by atoms with van der Waals surface area (Å²) in [5.74, 6) is -1.03. The molecule has 22 heavy (non-hydrogen) atoms. The molecular weight excluding hydrogens is 323 g/mol. The number of halogens is 2. The molecule has 0 radical (unpaired) electrons. The van der Waals surface area contributed by atoms with E-state index in [0.717, 1.165) is 5.56 Å². The maximum absolute atomic E-state index is 12.5. The molecule has 112 valence electrons. The van der Waals surface area contributed by atoms with Gasteiger partial charge in [0.2, 0.25) is 11.8 Å². The molecule has 0 bridgehead atoms. The van der Waals surface area contributed by atoms with Gasteiger partial charge in [0.1, 0.15) is 0 Å². The summed E-state index contributed by atoms with van der Waals surface area (Å²) in [5.41, 5.74) is 1.89. The number of nitrogens with one attached hydrogen (secondary N) is 2. The van der Waals surface area contributed by atoms with E-state index in [1.807, 2.05) is 18.2 Å². The third-order valence-electron chi connectivity index (χ3n) is 3.50. The number of fused-ring (bicyclic) bond motifs is 1. The maximum atomic E-state index is 12.5. The van der Waals surface area contributed by atoms with Crippen LogP contribution in [0.25, 0.3) is 0 Å². The number of hydrogen-bond acceptors (Lipinski definition) is 2. The number of hydrogen-bond donors (Lipinski definition) is 2. The molecule has 3 rings (SSSR count). The fourth-order valence-electron chi connectivity index (χ4n) is 2.46. The van der Waals surface area contributed by atoms with Gasteiger partial charge >= 0.3 is 0 Å². The van der Waals surface area contributed by atoms with Crippen LogP contribution in [0.3, 0.4) is 0 Å². The number of anilines is 2. The first-order valence-electron chi connectivity index (χ1n) is 6.69. The molecule has 1 atom stereocenters. The van der Waals surface area contributed by atoms with E-state index in [-0.39, 0.29) is 18.2 Å². The van der Waals surface area contributed by atoms with Crippen LogP contribution < -0.4 is 10.6 Å². The average Bonchev–Trinajstić information content (AvgIpc) is 2.50. The van der Waals surface area contributed by atoms with E-state index in [9.17, 15) is 9.59 Å². The van der Waals surface area contributed by atoms with Gasteiger partial charge in [0.15, 0.2) is 0 Å². The summed E-state index contributed by atoms with van der Waals surface area (Å²) in [6, 6.07) is 12.1. The molecule has 1 heterocycles. The van der Waals surface area contributed by atoms with Gasteiger partial charge in [0.25, 0.3) is 0 Å². The molecule has 0 aliphatic carbocycles. The highest BCUT2D eigenvalue weighted by Gasteiger charge is 2.30. The van der Waals surface area contributed by atoms with E-state index in [2.05, 4.69) is 10.6 Å². The van der Waals surface area contributed by atoms with Crippen molar-refractivity contribution >= 4 is 46.4 Å². The molecule has 2 amide bonds. The lowest BCUT2D eigenvalue weighted by molar-refractivity contribution is -0.123. The van der Waals surface area contributed by atoms with Gasteiger partial charge in [-0.15, -0.1) is 0 Å². The van der Waals surface area contributed by atoms with Crippen molar-refractivity contribution in [2.75, 3.05) is 10.6 Å². The summed E-state index contributed by atoms with van der Waals surface area (Å²) in [7, 11) is 0. The second-order valence-electron chi connectivity index (χ2n) is 5.01. The van der Waals surface area contributed by atoms with Gasteiger partial charge in [-0.1, -0.05) is 41.4 Å². The van der Waals surface area contributed by atoms with Crippen LogP contribution in [0.1, 0.15) is 17.9 Å². The minimum Gasteiger partial charge on any atom is -0.326 e. The molecule has 0 saturated heterocycles. The summed E-state index contributed by atoms with van der Waals surface area (Å²) in [5, 5.41) is 6.38. The minimum atomic E-state index is -0.556. The van der Waals surface area contributed by atoms with Crippen LogP contribution in [0.15, 0.2) is 42.5 Å². The van der Waals surface area contributed by atoms with Crippen molar-refractivity contribution in [1.29, 1.82) is 0 Å². The number of amides is 2. The van der Waals surface area contributed by atoms with Gasteiger partial charge in [0.05, 0.1) is 16.6 Å². The van der Waals surface area contributed by atoms with Gasteiger partial charge in [-0.05, 0) is 29.8 Å². The maximum Gasteiger partial charge on any atom is 0.232 e. The Labute approximate surface area is 137 Å². The molecule has 1 unspecified atom stereocenters. The molecule has 1 aliphatic heterocycles. The Kier molecular flexibility index (Phi) is 4.05. The van der Waals surface area contributed by atoms with E-state index in [1.165, 1.54) is 0 Å². The van der Waals surface area contributed by atoms with Crippen molar-refractivity contribution in [3.63, 3.8) is 0 Å². The number of para-hydroxylation sites is 1. The molecule has 2 aromatic carbocycles. The lowest BCUT2D eigenvalue weighted by Crippen LogP contribution is -2.30. The third kappa shape index (κ3) is 2.93. The van der Waals surface area contributed by atoms with Crippen molar-refractivity contribution < 1.29 is 9.59 Å². The molecule has 0 fully saturated rings. The second-order valence-corrected chi connectivity index (χ2v) is 5.85. The normalized spacial score (nSPS) is 16.6. The zero-order valence-corrected chi connectivity index (χ0v) is 12.9. The van der Waals surface area contributed by atoms with E-state index in [4.69, 9.17) is 23.2 Å². The fourth-order valence-corrected chi connectivity index (χ4v) is 2.80. The third-order valence-corrected chi connectivity index (χ3v) is 4.07. The molecule has 2 aromatic rings. The summed E-state index contributed by atoms with van der Waals surface area (Å²) >= 11 is 12.0. The van der Waals surface area contributed by atoms with Crippen LogP contribution in [-0.2, 0) is 9.59 Å². The Morgan fingerprint density at radius 1 is 1.18 bits per heavy atom. The van der Waals surface area contributed by atoms with E-state index in [1.54, 1.807) is 24.3 Å². The zero-order chi connectivity index (χ0) is 15.7. The molecule has 2 N–H and O–H groups in total. The smallest absolute Gasteiger partial charge is 0.232 e. The highest BCUT2D eigenvalue weighted by atomic mass is 35.5. The lowest BCUT2D eigenvalue weighted by atomic mass is 9.90. The molecular formula is C16H12Cl2N2O2. The van der Waals surface area contributed by atoms with Gasteiger partial charge in [-0.3, -0.25) is 9.59 Å². The van der Waals surface area contributed by atoms with E-state index in [0.29, 0.717) is 21.4 Å². The van der Waals surface area contributed by atoms with Crippen LogP contribution >= 0.6 is 23.2 Å². The number of carbonyl (C=O) groups is 2. The topological polar surface area (TPSA) is 58.2 Å². The quantitative estimate of drug-likeness (QED) is 0.870. The monoisotopic (exact) mass is 334 g/mol. The van der Waals surface area contributed by atoms with Crippen molar-refractivity contribution in [1.82, 2.24) is 0 Å². The minimum absolute atomic E-state index is 0.0982. The zero-order valence-electron chi connectivity index (χ0n) is 11.4. The molecule has 0 saturated carbocycles. The number of rotatable bonds is 2. The predicted molar refractivity (Wildman–Crippen MR) is 87.5 cm³/mol. The Hall–Kier alpha value is -2.04.